The molecule has 80 valence electrons. The van der Waals surface area contributed by atoms with E-state index in [9.17, 15) is 8.78 Å². The third-order valence-electron chi connectivity index (χ3n) is 1.79. The molecule has 0 unspecified atom stereocenters. The van der Waals surface area contributed by atoms with Crippen LogP contribution in [0, 0.1) is 15.0 Å². The van der Waals surface area contributed by atoms with Crippen LogP contribution in [0.2, 0.25) is 0 Å². The molecule has 0 atom stereocenters. The first-order chi connectivity index (χ1) is 7.10. The van der Waals surface area contributed by atoms with Crippen molar-refractivity contribution in [3.8, 4) is 6.07 Å². The molecular formula is C9H6ClF2IN2. The highest BCUT2D eigenvalue weighted by Crippen LogP contribution is 2.27. The molecule has 15 heavy (non-hydrogen) atoms. The van der Waals surface area contributed by atoms with Gasteiger partial charge in [-0.05, 0) is 28.7 Å². The van der Waals surface area contributed by atoms with E-state index in [0.717, 1.165) is 0 Å². The molecule has 0 aliphatic heterocycles. The summed E-state index contributed by atoms with van der Waals surface area (Å²) in [5.74, 6) is 0.0859. The van der Waals surface area contributed by atoms with Crippen molar-refractivity contribution in [3.63, 3.8) is 0 Å². The number of nitriles is 1. The number of hydrogen-bond donors (Lipinski definition) is 0. The van der Waals surface area contributed by atoms with Crippen molar-refractivity contribution in [3.05, 3.63) is 26.6 Å². The van der Waals surface area contributed by atoms with Gasteiger partial charge in [0.1, 0.15) is 3.70 Å². The lowest BCUT2D eigenvalue weighted by Crippen LogP contribution is -2.03. The minimum atomic E-state index is -2.60. The summed E-state index contributed by atoms with van der Waals surface area (Å²) in [6.07, 6.45) is -2.67. The Morgan fingerprint density at radius 1 is 1.60 bits per heavy atom. The van der Waals surface area contributed by atoms with Crippen molar-refractivity contribution in [2.24, 2.45) is 0 Å². The highest BCUT2D eigenvalue weighted by atomic mass is 127. The van der Waals surface area contributed by atoms with Gasteiger partial charge in [-0.2, -0.15) is 5.26 Å². The lowest BCUT2D eigenvalue weighted by molar-refractivity contribution is 0.150. The minimum Gasteiger partial charge on any atom is -0.245 e. The van der Waals surface area contributed by atoms with Crippen LogP contribution in [0.25, 0.3) is 0 Å². The van der Waals surface area contributed by atoms with Gasteiger partial charge in [0.25, 0.3) is 6.43 Å². The lowest BCUT2D eigenvalue weighted by Gasteiger charge is -2.09. The fraction of sp³-hybridized carbons (Fsp3) is 0.333. The van der Waals surface area contributed by atoms with Crippen molar-refractivity contribution in [1.29, 1.82) is 5.26 Å². The summed E-state index contributed by atoms with van der Waals surface area (Å²) in [7, 11) is 0. The van der Waals surface area contributed by atoms with Crippen LogP contribution in [0.15, 0.2) is 6.07 Å². The molecule has 0 fully saturated rings. The molecule has 0 aliphatic carbocycles. The Labute approximate surface area is 104 Å². The standard InChI is InChI=1S/C9H6ClF2IN2/c10-4-5-3-7(8(11)12)6(1-2-14)9(13)15-5/h3,8H,1,4H2. The van der Waals surface area contributed by atoms with Gasteiger partial charge in [0.2, 0.25) is 0 Å². The van der Waals surface area contributed by atoms with Gasteiger partial charge in [-0.3, -0.25) is 0 Å². The Morgan fingerprint density at radius 3 is 2.73 bits per heavy atom. The molecule has 0 N–H and O–H groups in total. The lowest BCUT2D eigenvalue weighted by atomic mass is 10.1. The molecule has 0 radical (unpaired) electrons. The first kappa shape index (κ1) is 12.6. The van der Waals surface area contributed by atoms with Crippen LogP contribution in [-0.4, -0.2) is 4.98 Å². The molecule has 0 aromatic carbocycles. The summed E-state index contributed by atoms with van der Waals surface area (Å²) in [4.78, 5) is 4.02. The smallest absolute Gasteiger partial charge is 0.245 e. The van der Waals surface area contributed by atoms with Gasteiger partial charge in [-0.25, -0.2) is 13.8 Å². The Hall–Kier alpha value is -0.480. The van der Waals surface area contributed by atoms with E-state index < -0.39 is 6.43 Å². The number of nitrogens with zero attached hydrogens (tertiary/aromatic N) is 2. The number of pyridine rings is 1. The van der Waals surface area contributed by atoms with Crippen LogP contribution in [-0.2, 0) is 12.3 Å². The summed E-state index contributed by atoms with van der Waals surface area (Å²) in [6, 6.07) is 3.10. The molecule has 6 heteroatoms. The van der Waals surface area contributed by atoms with Crippen molar-refractivity contribution >= 4 is 34.2 Å². The average molecular weight is 343 g/mol. The highest BCUT2D eigenvalue weighted by molar-refractivity contribution is 14.1. The third kappa shape index (κ3) is 2.98. The molecule has 0 aliphatic rings. The molecule has 0 spiro atoms. The maximum absolute atomic E-state index is 12.7. The molecule has 0 saturated carbocycles. The van der Waals surface area contributed by atoms with Crippen LogP contribution < -0.4 is 0 Å². The largest absolute Gasteiger partial charge is 0.264 e. The average Bonchev–Trinajstić information content (AvgIpc) is 2.20. The molecule has 0 saturated heterocycles. The van der Waals surface area contributed by atoms with E-state index in [1.807, 2.05) is 28.7 Å². The summed E-state index contributed by atoms with van der Waals surface area (Å²) >= 11 is 7.37. The van der Waals surface area contributed by atoms with Gasteiger partial charge in [0.15, 0.2) is 0 Å². The Kier molecular flexibility index (Phi) is 4.67. The van der Waals surface area contributed by atoms with E-state index in [1.54, 1.807) is 0 Å². The van der Waals surface area contributed by atoms with Crippen molar-refractivity contribution in [1.82, 2.24) is 4.98 Å². The number of alkyl halides is 3. The second-order valence-corrected chi connectivity index (χ2v) is 4.03. The van der Waals surface area contributed by atoms with Crippen LogP contribution in [0.5, 0.6) is 0 Å². The number of aromatic nitrogens is 1. The highest BCUT2D eigenvalue weighted by Gasteiger charge is 2.17. The maximum Gasteiger partial charge on any atom is 0.264 e. The van der Waals surface area contributed by atoms with E-state index in [4.69, 9.17) is 16.9 Å². The SMILES string of the molecule is N#CCc1c(C(F)F)cc(CCl)nc1I. The van der Waals surface area contributed by atoms with Gasteiger partial charge in [-0.15, -0.1) is 11.6 Å². The number of halogens is 4. The number of hydrogen-bond acceptors (Lipinski definition) is 2. The van der Waals surface area contributed by atoms with Crippen LogP contribution in [0.1, 0.15) is 23.2 Å². The minimum absolute atomic E-state index is 0.0620. The van der Waals surface area contributed by atoms with Gasteiger partial charge in [0, 0.05) is 11.1 Å². The fourth-order valence-corrected chi connectivity index (χ4v) is 2.08. The Morgan fingerprint density at radius 2 is 2.27 bits per heavy atom. The Bertz CT molecular complexity index is 404. The van der Waals surface area contributed by atoms with E-state index in [2.05, 4.69) is 4.98 Å². The zero-order valence-corrected chi connectivity index (χ0v) is 10.4. The zero-order chi connectivity index (χ0) is 11.4. The third-order valence-corrected chi connectivity index (χ3v) is 2.96. The topological polar surface area (TPSA) is 36.7 Å². The summed E-state index contributed by atoms with van der Waals surface area (Å²) in [6.45, 7) is 0. The van der Waals surface area contributed by atoms with Gasteiger partial charge < -0.3 is 0 Å². The molecule has 1 aromatic rings. The molecule has 2 nitrogen and oxygen atoms in total. The molecule has 1 heterocycles. The van der Waals surface area contributed by atoms with Crippen LogP contribution in [0.3, 0.4) is 0 Å². The fourth-order valence-electron chi connectivity index (χ4n) is 1.13. The quantitative estimate of drug-likeness (QED) is 0.479. The molecule has 0 amide bonds. The molecule has 0 bridgehead atoms. The van der Waals surface area contributed by atoms with E-state index >= 15 is 0 Å². The molecule has 1 aromatic heterocycles. The predicted octanol–water partition coefficient (Wildman–Crippen LogP) is 3.43. The van der Waals surface area contributed by atoms with Crippen molar-refractivity contribution < 1.29 is 8.78 Å². The second-order valence-electron chi connectivity index (χ2n) is 2.74. The summed E-state index contributed by atoms with van der Waals surface area (Å²) in [5.41, 5.74) is 0.548. The molecule has 1 rings (SSSR count). The van der Waals surface area contributed by atoms with Crippen molar-refractivity contribution in [2.75, 3.05) is 0 Å². The number of rotatable bonds is 3. The van der Waals surface area contributed by atoms with Crippen LogP contribution >= 0.6 is 34.2 Å². The second kappa shape index (κ2) is 5.56. The first-order valence-corrected chi connectivity index (χ1v) is 5.60. The first-order valence-electron chi connectivity index (χ1n) is 3.99. The Balaban J connectivity index is 3.30. The van der Waals surface area contributed by atoms with Crippen LogP contribution in [0.4, 0.5) is 8.78 Å². The van der Waals surface area contributed by atoms with Gasteiger partial charge >= 0.3 is 0 Å². The van der Waals surface area contributed by atoms with Gasteiger partial charge in [-0.1, -0.05) is 0 Å². The normalized spacial score (nSPS) is 10.4. The summed E-state index contributed by atoms with van der Waals surface area (Å²) in [5, 5.41) is 8.52. The van der Waals surface area contributed by atoms with Crippen molar-refractivity contribution in [2.45, 2.75) is 18.7 Å². The molecular weight excluding hydrogens is 336 g/mol. The monoisotopic (exact) mass is 342 g/mol. The van der Waals surface area contributed by atoms with E-state index in [0.29, 0.717) is 15.0 Å². The van der Waals surface area contributed by atoms with E-state index in [1.165, 1.54) is 6.07 Å². The van der Waals surface area contributed by atoms with E-state index in [-0.39, 0.29) is 17.9 Å². The predicted molar refractivity (Wildman–Crippen MR) is 60.8 cm³/mol. The zero-order valence-electron chi connectivity index (χ0n) is 7.48. The van der Waals surface area contributed by atoms with Gasteiger partial charge in [0.05, 0.1) is 24.1 Å². The maximum atomic E-state index is 12.7. The summed E-state index contributed by atoms with van der Waals surface area (Å²) < 4.78 is 25.7.